The van der Waals surface area contributed by atoms with Gasteiger partial charge in [0, 0.05) is 12.5 Å². The third-order valence-corrected chi connectivity index (χ3v) is 3.47. The van der Waals surface area contributed by atoms with Gasteiger partial charge in [0.1, 0.15) is 5.56 Å². The van der Waals surface area contributed by atoms with Crippen LogP contribution in [0.1, 0.15) is 29.6 Å². The van der Waals surface area contributed by atoms with Gasteiger partial charge < -0.3 is 16.2 Å². The predicted molar refractivity (Wildman–Crippen MR) is 72.4 cm³/mol. The second-order valence-corrected chi connectivity index (χ2v) is 5.13. The van der Waals surface area contributed by atoms with E-state index in [2.05, 4.69) is 5.32 Å². The van der Waals surface area contributed by atoms with Gasteiger partial charge >= 0.3 is 5.97 Å². The molecule has 0 radical (unpaired) electrons. The van der Waals surface area contributed by atoms with Crippen LogP contribution in [0.25, 0.3) is 0 Å². The van der Waals surface area contributed by atoms with Gasteiger partial charge in [-0.25, -0.2) is 4.79 Å². The molecule has 0 spiro atoms. The fraction of sp³-hybridized carbons (Fsp3) is 0.385. The Hall–Kier alpha value is -1.59. The van der Waals surface area contributed by atoms with Crippen molar-refractivity contribution in [2.24, 2.45) is 11.7 Å². The minimum atomic E-state index is -1.17. The molecule has 1 saturated carbocycles. The molecular formula is C13H15ClN2O3. The number of amides is 1. The van der Waals surface area contributed by atoms with Crippen LogP contribution in [0.4, 0.5) is 5.69 Å². The summed E-state index contributed by atoms with van der Waals surface area (Å²) in [4.78, 5) is 22.9. The molecule has 1 amide bonds. The first kappa shape index (κ1) is 13.8. The summed E-state index contributed by atoms with van der Waals surface area (Å²) in [5, 5.41) is 11.7. The van der Waals surface area contributed by atoms with Crippen LogP contribution < -0.4 is 11.1 Å². The van der Waals surface area contributed by atoms with Crippen LogP contribution in [0, 0.1) is 5.92 Å². The second-order valence-electron chi connectivity index (χ2n) is 4.72. The summed E-state index contributed by atoms with van der Waals surface area (Å²) in [5.74, 6) is -1.04. The number of rotatable bonds is 5. The number of carboxylic acid groups (broad SMARTS) is 1. The van der Waals surface area contributed by atoms with E-state index < -0.39 is 5.97 Å². The number of hydrogen-bond donors (Lipinski definition) is 3. The standard InChI is InChI=1S/C13H15ClN2O3/c14-8-2-1-3-10(12(8)13(18)19)16-11(17)6-9(15)7-4-5-7/h1-3,7,9H,4-6,15H2,(H,16,17)(H,18,19). The van der Waals surface area contributed by atoms with Gasteiger partial charge in [0.15, 0.2) is 0 Å². The summed E-state index contributed by atoms with van der Waals surface area (Å²) >= 11 is 5.82. The number of aromatic carboxylic acids is 1. The van der Waals surface area contributed by atoms with Crippen molar-refractivity contribution in [3.8, 4) is 0 Å². The lowest BCUT2D eigenvalue weighted by atomic mass is 10.1. The van der Waals surface area contributed by atoms with Crippen molar-refractivity contribution in [3.63, 3.8) is 0 Å². The maximum atomic E-state index is 11.8. The summed E-state index contributed by atoms with van der Waals surface area (Å²) < 4.78 is 0. The Labute approximate surface area is 115 Å². The summed E-state index contributed by atoms with van der Waals surface area (Å²) in [5.41, 5.74) is 5.96. The molecule has 0 aromatic heterocycles. The molecule has 0 heterocycles. The molecule has 0 saturated heterocycles. The van der Waals surface area contributed by atoms with E-state index in [0.29, 0.717) is 5.92 Å². The third kappa shape index (κ3) is 3.45. The van der Waals surface area contributed by atoms with Crippen LogP contribution in [-0.2, 0) is 4.79 Å². The Balaban J connectivity index is 2.07. The van der Waals surface area contributed by atoms with Gasteiger partial charge in [-0.3, -0.25) is 4.79 Å². The Morgan fingerprint density at radius 1 is 1.47 bits per heavy atom. The molecule has 4 N–H and O–H groups in total. The van der Waals surface area contributed by atoms with Crippen LogP contribution in [0.15, 0.2) is 18.2 Å². The fourth-order valence-corrected chi connectivity index (χ4v) is 2.21. The molecule has 1 aliphatic carbocycles. The minimum Gasteiger partial charge on any atom is -0.478 e. The van der Waals surface area contributed by atoms with Crippen molar-refractivity contribution in [1.82, 2.24) is 0 Å². The second kappa shape index (κ2) is 5.59. The van der Waals surface area contributed by atoms with Crippen molar-refractivity contribution in [2.45, 2.75) is 25.3 Å². The van der Waals surface area contributed by atoms with E-state index in [-0.39, 0.29) is 34.6 Å². The van der Waals surface area contributed by atoms with E-state index in [1.807, 2.05) is 0 Å². The first-order valence-corrected chi connectivity index (χ1v) is 6.44. The molecule has 0 aliphatic heterocycles. The number of hydrogen-bond acceptors (Lipinski definition) is 3. The van der Waals surface area contributed by atoms with E-state index >= 15 is 0 Å². The monoisotopic (exact) mass is 282 g/mol. The molecule has 6 heteroatoms. The molecule has 5 nitrogen and oxygen atoms in total. The summed E-state index contributed by atoms with van der Waals surface area (Å²) in [6, 6.07) is 4.41. The van der Waals surface area contributed by atoms with Gasteiger partial charge in [0.05, 0.1) is 10.7 Å². The molecule has 0 bridgehead atoms. The maximum absolute atomic E-state index is 11.8. The van der Waals surface area contributed by atoms with Crippen LogP contribution in [-0.4, -0.2) is 23.0 Å². The number of carboxylic acids is 1. The summed E-state index contributed by atoms with van der Waals surface area (Å²) in [7, 11) is 0. The Bertz CT molecular complexity index is 515. The number of carbonyl (C=O) groups is 2. The Kier molecular flexibility index (Phi) is 4.07. The van der Waals surface area contributed by atoms with Crippen LogP contribution in [0.5, 0.6) is 0 Å². The zero-order valence-corrected chi connectivity index (χ0v) is 11.0. The van der Waals surface area contributed by atoms with Crippen LogP contribution in [0.2, 0.25) is 5.02 Å². The quantitative estimate of drug-likeness (QED) is 0.771. The van der Waals surface area contributed by atoms with Gasteiger partial charge in [0.25, 0.3) is 0 Å². The summed E-state index contributed by atoms with van der Waals surface area (Å²) in [6.45, 7) is 0. The fourth-order valence-electron chi connectivity index (χ4n) is 1.95. The highest BCUT2D eigenvalue weighted by molar-refractivity contribution is 6.34. The van der Waals surface area contributed by atoms with Crippen molar-refractivity contribution < 1.29 is 14.7 Å². The molecule has 1 unspecified atom stereocenters. The number of nitrogens with two attached hydrogens (primary N) is 1. The van der Waals surface area contributed by atoms with Gasteiger partial charge in [-0.2, -0.15) is 0 Å². The average molecular weight is 283 g/mol. The zero-order valence-electron chi connectivity index (χ0n) is 10.2. The maximum Gasteiger partial charge on any atom is 0.339 e. The number of halogens is 1. The van der Waals surface area contributed by atoms with Crippen molar-refractivity contribution in [3.05, 3.63) is 28.8 Å². The number of benzene rings is 1. The first-order chi connectivity index (χ1) is 8.99. The van der Waals surface area contributed by atoms with Gasteiger partial charge in [-0.05, 0) is 30.9 Å². The smallest absolute Gasteiger partial charge is 0.339 e. The first-order valence-electron chi connectivity index (χ1n) is 6.06. The van der Waals surface area contributed by atoms with E-state index in [1.165, 1.54) is 12.1 Å². The molecule has 1 aromatic rings. The molecule has 1 fully saturated rings. The summed E-state index contributed by atoms with van der Waals surface area (Å²) in [6.07, 6.45) is 2.31. The Morgan fingerprint density at radius 2 is 2.16 bits per heavy atom. The molecule has 102 valence electrons. The Morgan fingerprint density at radius 3 is 2.74 bits per heavy atom. The lowest BCUT2D eigenvalue weighted by molar-refractivity contribution is -0.116. The van der Waals surface area contributed by atoms with Gasteiger partial charge in [-0.1, -0.05) is 17.7 Å². The van der Waals surface area contributed by atoms with Gasteiger partial charge in [-0.15, -0.1) is 0 Å². The minimum absolute atomic E-state index is 0.0943. The zero-order chi connectivity index (χ0) is 14.0. The van der Waals surface area contributed by atoms with Crippen molar-refractivity contribution in [1.29, 1.82) is 0 Å². The number of anilines is 1. The lowest BCUT2D eigenvalue weighted by Gasteiger charge is -2.12. The molecule has 19 heavy (non-hydrogen) atoms. The highest BCUT2D eigenvalue weighted by Crippen LogP contribution is 2.33. The lowest BCUT2D eigenvalue weighted by Crippen LogP contribution is -2.29. The molecular weight excluding hydrogens is 268 g/mol. The van der Waals surface area contributed by atoms with E-state index in [1.54, 1.807) is 6.07 Å². The van der Waals surface area contributed by atoms with Crippen molar-refractivity contribution in [2.75, 3.05) is 5.32 Å². The SMILES string of the molecule is NC(CC(=O)Nc1cccc(Cl)c1C(=O)O)C1CC1. The van der Waals surface area contributed by atoms with E-state index in [9.17, 15) is 9.59 Å². The van der Waals surface area contributed by atoms with Gasteiger partial charge in [0.2, 0.25) is 5.91 Å². The predicted octanol–water partition coefficient (Wildman–Crippen LogP) is 2.10. The number of carbonyl (C=O) groups excluding carboxylic acids is 1. The number of nitrogens with one attached hydrogen (secondary N) is 1. The average Bonchev–Trinajstić information content (AvgIpc) is 3.11. The van der Waals surface area contributed by atoms with E-state index in [4.69, 9.17) is 22.4 Å². The van der Waals surface area contributed by atoms with E-state index in [0.717, 1.165) is 12.8 Å². The van der Waals surface area contributed by atoms with Crippen LogP contribution in [0.3, 0.4) is 0 Å². The normalized spacial score (nSPS) is 15.9. The van der Waals surface area contributed by atoms with Crippen molar-refractivity contribution >= 4 is 29.2 Å². The third-order valence-electron chi connectivity index (χ3n) is 3.15. The molecule has 1 aliphatic rings. The molecule has 1 aromatic carbocycles. The molecule has 2 rings (SSSR count). The largest absolute Gasteiger partial charge is 0.478 e. The highest BCUT2D eigenvalue weighted by atomic mass is 35.5. The molecule has 1 atom stereocenters. The van der Waals surface area contributed by atoms with Crippen LogP contribution >= 0.6 is 11.6 Å². The topological polar surface area (TPSA) is 92.4 Å². The highest BCUT2D eigenvalue weighted by Gasteiger charge is 2.30.